The fourth-order valence-electron chi connectivity index (χ4n) is 2.54. The highest BCUT2D eigenvalue weighted by molar-refractivity contribution is 5.39. The van der Waals surface area contributed by atoms with E-state index in [-0.39, 0.29) is 12.6 Å². The number of benzene rings is 1. The predicted octanol–water partition coefficient (Wildman–Crippen LogP) is 2.55. The fourth-order valence-corrected chi connectivity index (χ4v) is 2.54. The van der Waals surface area contributed by atoms with Crippen LogP contribution >= 0.6 is 0 Å². The van der Waals surface area contributed by atoms with Gasteiger partial charge in [-0.2, -0.15) is 0 Å². The smallest absolute Gasteiger partial charge is 0.136 e. The maximum absolute atomic E-state index is 9.27. The van der Waals surface area contributed by atoms with Gasteiger partial charge >= 0.3 is 0 Å². The van der Waals surface area contributed by atoms with E-state index in [1.807, 2.05) is 48.8 Å². The summed E-state index contributed by atoms with van der Waals surface area (Å²) in [5.74, 6) is 0. The van der Waals surface area contributed by atoms with Crippen molar-refractivity contribution < 1.29 is 5.11 Å². The Morgan fingerprint density at radius 3 is 2.71 bits per heavy atom. The van der Waals surface area contributed by atoms with Crippen molar-refractivity contribution >= 4 is 5.65 Å². The van der Waals surface area contributed by atoms with E-state index in [0.717, 1.165) is 11.3 Å². The molecule has 0 aliphatic heterocycles. The molecule has 108 valence electrons. The van der Waals surface area contributed by atoms with Crippen LogP contribution in [-0.4, -0.2) is 21.1 Å². The molecule has 4 nitrogen and oxygen atoms in total. The number of aromatic nitrogens is 2. The van der Waals surface area contributed by atoms with Gasteiger partial charge in [0.1, 0.15) is 5.65 Å². The third kappa shape index (κ3) is 3.12. The predicted molar refractivity (Wildman–Crippen MR) is 82.9 cm³/mol. The average Bonchev–Trinajstić information content (AvgIpc) is 2.95. The second-order valence-corrected chi connectivity index (χ2v) is 5.03. The summed E-state index contributed by atoms with van der Waals surface area (Å²) in [5, 5.41) is 12.8. The number of aliphatic hydroxyl groups excluding tert-OH is 1. The molecule has 0 amide bonds. The molecule has 1 atom stereocenters. The second-order valence-electron chi connectivity index (χ2n) is 5.03. The molecule has 0 bridgehead atoms. The minimum atomic E-state index is 0.144. The van der Waals surface area contributed by atoms with Gasteiger partial charge in [0.25, 0.3) is 0 Å². The Morgan fingerprint density at radius 1 is 1.10 bits per heavy atom. The molecule has 4 heteroatoms. The number of nitrogens with one attached hydrogen (secondary N) is 1. The molecule has 0 saturated carbocycles. The molecule has 0 saturated heterocycles. The van der Waals surface area contributed by atoms with Crippen LogP contribution in [0.4, 0.5) is 0 Å². The monoisotopic (exact) mass is 281 g/mol. The topological polar surface area (TPSA) is 49.6 Å². The van der Waals surface area contributed by atoms with Gasteiger partial charge in [0.15, 0.2) is 0 Å². The Labute approximate surface area is 124 Å². The second kappa shape index (κ2) is 6.52. The highest BCUT2D eigenvalue weighted by atomic mass is 16.3. The summed E-state index contributed by atoms with van der Waals surface area (Å²) in [6.45, 7) is 0.879. The van der Waals surface area contributed by atoms with E-state index < -0.39 is 0 Å². The SMILES string of the molecule is OCCC(NCc1cnc2ccccn12)c1ccccc1. The Morgan fingerprint density at radius 2 is 1.90 bits per heavy atom. The number of hydrogen-bond acceptors (Lipinski definition) is 3. The van der Waals surface area contributed by atoms with Crippen molar-refractivity contribution in [1.29, 1.82) is 0 Å². The van der Waals surface area contributed by atoms with Crippen molar-refractivity contribution in [1.82, 2.24) is 14.7 Å². The minimum absolute atomic E-state index is 0.144. The molecular weight excluding hydrogens is 262 g/mol. The van der Waals surface area contributed by atoms with Crippen LogP contribution in [0, 0.1) is 0 Å². The number of nitrogens with zero attached hydrogens (tertiary/aromatic N) is 2. The average molecular weight is 281 g/mol. The van der Waals surface area contributed by atoms with Crippen LogP contribution in [-0.2, 0) is 6.54 Å². The highest BCUT2D eigenvalue weighted by Crippen LogP contribution is 2.17. The van der Waals surface area contributed by atoms with E-state index in [4.69, 9.17) is 0 Å². The summed E-state index contributed by atoms with van der Waals surface area (Å²) in [4.78, 5) is 4.39. The first kappa shape index (κ1) is 13.8. The zero-order valence-electron chi connectivity index (χ0n) is 11.8. The van der Waals surface area contributed by atoms with Crippen molar-refractivity contribution in [3.8, 4) is 0 Å². The summed E-state index contributed by atoms with van der Waals surface area (Å²) in [6.07, 6.45) is 4.60. The van der Waals surface area contributed by atoms with Crippen LogP contribution < -0.4 is 5.32 Å². The molecule has 21 heavy (non-hydrogen) atoms. The number of imidazole rings is 1. The van der Waals surface area contributed by atoms with Crippen molar-refractivity contribution in [2.24, 2.45) is 0 Å². The molecule has 1 unspecified atom stereocenters. The number of aliphatic hydroxyl groups is 1. The summed E-state index contributed by atoms with van der Waals surface area (Å²) in [6, 6.07) is 16.3. The van der Waals surface area contributed by atoms with Crippen LogP contribution in [0.3, 0.4) is 0 Å². The van der Waals surface area contributed by atoms with Crippen LogP contribution in [0.25, 0.3) is 5.65 Å². The molecular formula is C17H19N3O. The first-order valence-corrected chi connectivity index (χ1v) is 7.18. The van der Waals surface area contributed by atoms with Crippen molar-refractivity contribution in [2.75, 3.05) is 6.61 Å². The van der Waals surface area contributed by atoms with E-state index in [9.17, 15) is 5.11 Å². The van der Waals surface area contributed by atoms with Crippen molar-refractivity contribution in [3.05, 3.63) is 72.2 Å². The van der Waals surface area contributed by atoms with E-state index in [1.54, 1.807) is 0 Å². The van der Waals surface area contributed by atoms with Crippen molar-refractivity contribution in [3.63, 3.8) is 0 Å². The van der Waals surface area contributed by atoms with E-state index >= 15 is 0 Å². The molecule has 0 aliphatic carbocycles. The van der Waals surface area contributed by atoms with Gasteiger partial charge in [0.2, 0.25) is 0 Å². The molecule has 1 aromatic carbocycles. The van der Waals surface area contributed by atoms with Gasteiger partial charge < -0.3 is 14.8 Å². The van der Waals surface area contributed by atoms with Crippen LogP contribution in [0.1, 0.15) is 23.7 Å². The molecule has 2 heterocycles. The summed E-state index contributed by atoms with van der Waals surface area (Å²) in [5.41, 5.74) is 3.26. The molecule has 3 aromatic rings. The number of hydrogen-bond donors (Lipinski definition) is 2. The Bertz CT molecular complexity index is 693. The fraction of sp³-hybridized carbons (Fsp3) is 0.235. The lowest BCUT2D eigenvalue weighted by molar-refractivity contribution is 0.265. The van der Waals surface area contributed by atoms with Gasteiger partial charge in [-0.05, 0) is 24.1 Å². The number of fused-ring (bicyclic) bond motifs is 1. The standard InChI is InChI=1S/C17H19N3O/c21-11-9-16(14-6-2-1-3-7-14)18-12-15-13-19-17-8-4-5-10-20(15)17/h1-8,10,13,16,18,21H,9,11-12H2. The first-order chi connectivity index (χ1) is 10.4. The van der Waals surface area contributed by atoms with Crippen LogP contribution in [0.5, 0.6) is 0 Å². The molecule has 0 aliphatic rings. The van der Waals surface area contributed by atoms with E-state index in [2.05, 4.69) is 26.8 Å². The molecule has 0 spiro atoms. The zero-order valence-corrected chi connectivity index (χ0v) is 11.8. The maximum Gasteiger partial charge on any atom is 0.136 e. The number of rotatable bonds is 6. The van der Waals surface area contributed by atoms with Gasteiger partial charge in [0.05, 0.1) is 11.9 Å². The zero-order chi connectivity index (χ0) is 14.5. The Hall–Kier alpha value is -2.17. The third-order valence-electron chi connectivity index (χ3n) is 3.64. The summed E-state index contributed by atoms with van der Waals surface area (Å²) < 4.78 is 2.08. The third-order valence-corrected chi connectivity index (χ3v) is 3.64. The maximum atomic E-state index is 9.27. The first-order valence-electron chi connectivity index (χ1n) is 7.18. The van der Waals surface area contributed by atoms with Gasteiger partial charge in [0, 0.05) is 25.4 Å². The van der Waals surface area contributed by atoms with Gasteiger partial charge in [-0.15, -0.1) is 0 Å². The van der Waals surface area contributed by atoms with Gasteiger partial charge in [-0.3, -0.25) is 0 Å². The lowest BCUT2D eigenvalue weighted by Crippen LogP contribution is -2.22. The van der Waals surface area contributed by atoms with Crippen molar-refractivity contribution in [2.45, 2.75) is 19.0 Å². The molecule has 0 fully saturated rings. The molecule has 2 aromatic heterocycles. The number of pyridine rings is 1. The highest BCUT2D eigenvalue weighted by Gasteiger charge is 2.11. The molecule has 2 N–H and O–H groups in total. The summed E-state index contributed by atoms with van der Waals surface area (Å²) >= 11 is 0. The molecule has 0 radical (unpaired) electrons. The quantitative estimate of drug-likeness (QED) is 0.730. The summed E-state index contributed by atoms with van der Waals surface area (Å²) in [7, 11) is 0. The van der Waals surface area contributed by atoms with E-state index in [1.165, 1.54) is 5.56 Å². The Balaban J connectivity index is 1.75. The lowest BCUT2D eigenvalue weighted by Gasteiger charge is -2.18. The van der Waals surface area contributed by atoms with Crippen LogP contribution in [0.15, 0.2) is 60.9 Å². The molecule has 3 rings (SSSR count). The van der Waals surface area contributed by atoms with E-state index in [0.29, 0.717) is 13.0 Å². The minimum Gasteiger partial charge on any atom is -0.396 e. The lowest BCUT2D eigenvalue weighted by atomic mass is 10.0. The normalized spacial score (nSPS) is 12.6. The largest absolute Gasteiger partial charge is 0.396 e. The van der Waals surface area contributed by atoms with Gasteiger partial charge in [-0.1, -0.05) is 36.4 Å². The van der Waals surface area contributed by atoms with Crippen LogP contribution in [0.2, 0.25) is 0 Å². The Kier molecular flexibility index (Phi) is 4.28. The van der Waals surface area contributed by atoms with Gasteiger partial charge in [-0.25, -0.2) is 4.98 Å².